The highest BCUT2D eigenvalue weighted by atomic mass is 31.2. The molecular weight excluding hydrogens is 534 g/mol. The Kier molecular flexibility index (Phi) is 10.4. The number of hydrogen-bond donors (Lipinski definition) is 0. The summed E-state index contributed by atoms with van der Waals surface area (Å²) in [4.78, 5) is 6.53. The van der Waals surface area contributed by atoms with Gasteiger partial charge in [-0.3, -0.25) is 14.4 Å². The van der Waals surface area contributed by atoms with Crippen LogP contribution >= 0.6 is 7.37 Å². The minimum Gasteiger partial charge on any atom is -0.489 e. The van der Waals surface area contributed by atoms with Crippen LogP contribution in [0.2, 0.25) is 0 Å². The van der Waals surface area contributed by atoms with Crippen LogP contribution in [-0.2, 0) is 22.2 Å². The van der Waals surface area contributed by atoms with Crippen molar-refractivity contribution in [1.82, 2.24) is 9.88 Å². The summed E-state index contributed by atoms with van der Waals surface area (Å²) >= 11 is 0. The summed E-state index contributed by atoms with van der Waals surface area (Å²) in [5.74, 6) is 1.23. The number of benzene rings is 2. The zero-order valence-corrected chi connectivity index (χ0v) is 26.6. The van der Waals surface area contributed by atoms with Crippen molar-refractivity contribution in [1.29, 1.82) is 0 Å². The van der Waals surface area contributed by atoms with E-state index in [9.17, 15) is 8.96 Å². The first-order valence-corrected chi connectivity index (χ1v) is 17.2. The molecule has 1 aromatic heterocycles. The van der Waals surface area contributed by atoms with Crippen LogP contribution in [-0.4, -0.2) is 41.4 Å². The van der Waals surface area contributed by atoms with E-state index in [2.05, 4.69) is 61.8 Å². The van der Waals surface area contributed by atoms with Crippen LogP contribution < -0.4 is 4.74 Å². The summed E-state index contributed by atoms with van der Waals surface area (Å²) in [5, 5.41) is 0. The third-order valence-electron chi connectivity index (χ3n) is 7.99. The number of nitrogens with zero attached hydrogens (tertiary/aromatic N) is 2. The quantitative estimate of drug-likeness (QED) is 0.178. The number of hydrogen-bond acceptors (Lipinski definition) is 5. The zero-order valence-electron chi connectivity index (χ0n) is 25.7. The molecule has 2 atom stereocenters. The smallest absolute Gasteiger partial charge is 0.200 e. The summed E-state index contributed by atoms with van der Waals surface area (Å²) < 4.78 is 39.8. The fourth-order valence-corrected chi connectivity index (χ4v) is 7.58. The summed E-state index contributed by atoms with van der Waals surface area (Å²) in [6, 6.07) is 16.9. The van der Waals surface area contributed by atoms with Gasteiger partial charge in [-0.1, -0.05) is 24.3 Å². The summed E-state index contributed by atoms with van der Waals surface area (Å²) in [7, 11) is -2.66. The molecule has 4 rings (SSSR count). The molecule has 0 bridgehead atoms. The van der Waals surface area contributed by atoms with Gasteiger partial charge in [0.05, 0.1) is 12.8 Å². The van der Waals surface area contributed by atoms with Crippen LogP contribution in [0.1, 0.15) is 75.8 Å². The molecule has 1 heterocycles. The van der Waals surface area contributed by atoms with Crippen LogP contribution in [0.15, 0.2) is 54.7 Å². The van der Waals surface area contributed by atoms with Crippen LogP contribution in [0.4, 0.5) is 4.39 Å². The molecule has 0 N–H and O–H groups in total. The van der Waals surface area contributed by atoms with E-state index in [1.807, 2.05) is 32.0 Å². The van der Waals surface area contributed by atoms with Gasteiger partial charge in [-0.15, -0.1) is 0 Å². The van der Waals surface area contributed by atoms with Crippen LogP contribution in [0, 0.1) is 18.7 Å². The standard InChI is InChI=1S/C34H46FN2O3P/c1-8-40-41(7,38)22-33(26-12-13-26)27-10-9-11-31(18-27)39-21-29-15-14-28(32-16-25(6)36-19-34(32)35)17-30(29)20-37(23(2)3)24(4)5/h9-11,14-19,23-24,26,33H,8,12-13,20-22H2,1-7H3. The third kappa shape index (κ3) is 8.50. The van der Waals surface area contributed by atoms with E-state index in [4.69, 9.17) is 9.26 Å². The monoisotopic (exact) mass is 580 g/mol. The molecular formula is C34H46FN2O3P. The Morgan fingerprint density at radius 3 is 2.44 bits per heavy atom. The van der Waals surface area contributed by atoms with Crippen LogP contribution in [0.5, 0.6) is 5.75 Å². The lowest BCUT2D eigenvalue weighted by molar-refractivity contribution is 0.164. The molecule has 0 amide bonds. The van der Waals surface area contributed by atoms with Crippen molar-refractivity contribution < 1.29 is 18.2 Å². The highest BCUT2D eigenvalue weighted by molar-refractivity contribution is 7.58. The zero-order chi connectivity index (χ0) is 29.7. The Morgan fingerprint density at radius 2 is 1.78 bits per heavy atom. The van der Waals surface area contributed by atoms with Crippen molar-refractivity contribution in [3.8, 4) is 16.9 Å². The van der Waals surface area contributed by atoms with Gasteiger partial charge >= 0.3 is 0 Å². The van der Waals surface area contributed by atoms with E-state index in [0.717, 1.165) is 53.1 Å². The second-order valence-electron chi connectivity index (χ2n) is 12.1. The van der Waals surface area contributed by atoms with Crippen molar-refractivity contribution in [2.45, 2.75) is 85.5 Å². The Labute approximate surface area is 245 Å². The lowest BCUT2D eigenvalue weighted by Crippen LogP contribution is -2.36. The van der Waals surface area contributed by atoms with Gasteiger partial charge in [0.1, 0.15) is 18.2 Å². The van der Waals surface area contributed by atoms with E-state index >= 15 is 0 Å². The molecule has 41 heavy (non-hydrogen) atoms. The van der Waals surface area contributed by atoms with E-state index in [1.54, 1.807) is 12.7 Å². The number of aromatic nitrogens is 1. The molecule has 2 unspecified atom stereocenters. The van der Waals surface area contributed by atoms with E-state index in [0.29, 0.717) is 42.9 Å². The highest BCUT2D eigenvalue weighted by Crippen LogP contribution is 2.53. The largest absolute Gasteiger partial charge is 0.489 e. The van der Waals surface area contributed by atoms with Gasteiger partial charge in [-0.25, -0.2) is 4.39 Å². The second kappa shape index (κ2) is 13.6. The normalized spacial score (nSPS) is 15.9. The van der Waals surface area contributed by atoms with Gasteiger partial charge < -0.3 is 9.26 Å². The highest BCUT2D eigenvalue weighted by Gasteiger charge is 2.36. The Morgan fingerprint density at radius 1 is 1.05 bits per heavy atom. The summed E-state index contributed by atoms with van der Waals surface area (Å²) in [6.45, 7) is 16.0. The second-order valence-corrected chi connectivity index (χ2v) is 14.7. The van der Waals surface area contributed by atoms with Crippen molar-refractivity contribution in [3.05, 3.63) is 82.9 Å². The van der Waals surface area contributed by atoms with Gasteiger partial charge in [0.2, 0.25) is 7.37 Å². The molecule has 0 spiro atoms. The van der Waals surface area contributed by atoms with Crippen molar-refractivity contribution in [2.75, 3.05) is 19.4 Å². The first-order valence-electron chi connectivity index (χ1n) is 14.9. The number of halogens is 1. The number of aryl methyl sites for hydroxylation is 1. The number of ether oxygens (including phenoxy) is 1. The Balaban J connectivity index is 1.60. The molecule has 7 heteroatoms. The van der Waals surface area contributed by atoms with Crippen molar-refractivity contribution >= 4 is 7.37 Å². The van der Waals surface area contributed by atoms with Gasteiger partial charge in [0, 0.05) is 42.7 Å². The number of rotatable bonds is 14. The maximum atomic E-state index is 14.8. The SMILES string of the molecule is CCOP(C)(=O)CC(c1cccc(OCc2ccc(-c3cc(C)ncc3F)cc2CN(C(C)C)C(C)C)c1)C1CC1. The molecule has 0 saturated heterocycles. The molecule has 1 aliphatic carbocycles. The van der Waals surface area contributed by atoms with Crippen LogP contribution in [0.25, 0.3) is 11.1 Å². The minimum atomic E-state index is -2.66. The molecule has 222 valence electrons. The predicted octanol–water partition coefficient (Wildman–Crippen LogP) is 8.83. The minimum absolute atomic E-state index is 0.208. The maximum absolute atomic E-state index is 14.8. The molecule has 1 fully saturated rings. The molecule has 2 aromatic carbocycles. The third-order valence-corrected chi connectivity index (χ3v) is 9.85. The molecule has 5 nitrogen and oxygen atoms in total. The molecule has 0 aliphatic heterocycles. The van der Waals surface area contributed by atoms with Gasteiger partial charge in [0.25, 0.3) is 0 Å². The van der Waals surface area contributed by atoms with E-state index in [1.165, 1.54) is 6.20 Å². The van der Waals surface area contributed by atoms with Gasteiger partial charge in [-0.05, 0) is 113 Å². The van der Waals surface area contributed by atoms with Crippen molar-refractivity contribution in [2.24, 2.45) is 5.92 Å². The first-order chi connectivity index (χ1) is 19.5. The van der Waals surface area contributed by atoms with Gasteiger partial charge in [-0.2, -0.15) is 0 Å². The van der Waals surface area contributed by atoms with E-state index in [-0.39, 0.29) is 11.7 Å². The van der Waals surface area contributed by atoms with E-state index < -0.39 is 7.37 Å². The predicted molar refractivity (Wildman–Crippen MR) is 166 cm³/mol. The van der Waals surface area contributed by atoms with Crippen LogP contribution in [0.3, 0.4) is 0 Å². The van der Waals surface area contributed by atoms with Crippen molar-refractivity contribution in [3.63, 3.8) is 0 Å². The molecule has 1 aliphatic rings. The average Bonchev–Trinajstić information content (AvgIpc) is 3.76. The fourth-order valence-electron chi connectivity index (χ4n) is 5.71. The fraction of sp³-hybridized carbons (Fsp3) is 0.500. The lowest BCUT2D eigenvalue weighted by atomic mass is 9.96. The first kappa shape index (κ1) is 31.4. The topological polar surface area (TPSA) is 51.7 Å². The lowest BCUT2D eigenvalue weighted by Gasteiger charge is -2.31. The summed E-state index contributed by atoms with van der Waals surface area (Å²) in [6.07, 6.45) is 4.18. The Hall–Kier alpha value is -2.53. The Bertz CT molecular complexity index is 1360. The average molecular weight is 581 g/mol. The molecule has 3 aromatic rings. The summed E-state index contributed by atoms with van der Waals surface area (Å²) in [5.41, 5.74) is 5.54. The maximum Gasteiger partial charge on any atom is 0.200 e. The molecule has 1 saturated carbocycles. The number of pyridine rings is 1. The molecule has 0 radical (unpaired) electrons. The van der Waals surface area contributed by atoms with Gasteiger partial charge in [0.15, 0.2) is 0 Å².